The summed E-state index contributed by atoms with van der Waals surface area (Å²) in [6.45, 7) is 0. The van der Waals surface area contributed by atoms with Gasteiger partial charge in [0.05, 0.1) is 35.2 Å². The molecule has 4 N–H and O–H groups in total. The number of hydrogen-bond donors (Lipinski definition) is 3. The average molecular weight is 469 g/mol. The highest BCUT2D eigenvalue weighted by atomic mass is 35.5. The lowest BCUT2D eigenvalue weighted by atomic mass is 10.0. The number of halogens is 2. The number of nitrogens with one attached hydrogen (secondary N) is 1. The van der Waals surface area contributed by atoms with Crippen LogP contribution in [-0.2, 0) is 11.3 Å². The predicted octanol–water partition coefficient (Wildman–Crippen LogP) is 4.19. The number of allylic oxidation sites excluding steroid dienone is 1. The lowest BCUT2D eigenvalue weighted by Gasteiger charge is -2.12. The number of pyridine rings is 1. The third kappa shape index (κ3) is 3.99. The van der Waals surface area contributed by atoms with Crippen LogP contribution >= 0.6 is 11.6 Å². The van der Waals surface area contributed by atoms with Gasteiger partial charge < -0.3 is 15.4 Å². The Labute approximate surface area is 193 Å². The second kappa shape index (κ2) is 8.58. The first-order valence-electron chi connectivity index (χ1n) is 10.5. The first-order valence-corrected chi connectivity index (χ1v) is 10.9. The van der Waals surface area contributed by atoms with Crippen molar-refractivity contribution in [1.82, 2.24) is 19.5 Å². The van der Waals surface area contributed by atoms with Gasteiger partial charge in [0.25, 0.3) is 0 Å². The summed E-state index contributed by atoms with van der Waals surface area (Å²) in [7, 11) is 1.52. The molecule has 33 heavy (non-hydrogen) atoms. The van der Waals surface area contributed by atoms with Crippen molar-refractivity contribution < 1.29 is 14.3 Å². The van der Waals surface area contributed by atoms with Crippen molar-refractivity contribution in [2.75, 3.05) is 18.3 Å². The number of fused-ring (bicyclic) bond motifs is 2. The molecule has 0 fully saturated rings. The minimum absolute atomic E-state index is 0.0465. The molecule has 0 unspecified atom stereocenters. The number of rotatable bonds is 6. The summed E-state index contributed by atoms with van der Waals surface area (Å²) < 4.78 is 16.6. The number of aliphatic hydroxyl groups excluding tert-OH is 1. The molecule has 3 heterocycles. The molecule has 0 bridgehead atoms. The van der Waals surface area contributed by atoms with E-state index < -0.39 is 11.9 Å². The third-order valence-corrected chi connectivity index (χ3v) is 6.29. The molecule has 0 saturated carbocycles. The van der Waals surface area contributed by atoms with Crippen LogP contribution in [0.4, 0.5) is 16.0 Å². The average Bonchev–Trinajstić information content (AvgIpc) is 3.38. The van der Waals surface area contributed by atoms with Crippen molar-refractivity contribution in [2.45, 2.75) is 31.4 Å². The molecule has 0 saturated heterocycles. The SMILES string of the molecule is CONc1ncnc2c1ccn2[C@@H]1C=C(CCc2cc(F)c3cc(Cl)c(N)nc3c2)[C@@H](O)C1. The first-order chi connectivity index (χ1) is 15.9. The van der Waals surface area contributed by atoms with Gasteiger partial charge in [-0.15, -0.1) is 0 Å². The van der Waals surface area contributed by atoms with Gasteiger partial charge >= 0.3 is 0 Å². The van der Waals surface area contributed by atoms with Crippen LogP contribution in [0.5, 0.6) is 0 Å². The Balaban J connectivity index is 1.37. The Kier molecular flexibility index (Phi) is 5.61. The smallest absolute Gasteiger partial charge is 0.162 e. The molecule has 1 aromatic carbocycles. The number of anilines is 2. The van der Waals surface area contributed by atoms with Crippen LogP contribution in [0.3, 0.4) is 0 Å². The molecule has 4 aromatic rings. The van der Waals surface area contributed by atoms with Crippen LogP contribution in [0.15, 0.2) is 48.4 Å². The molecule has 8 nitrogen and oxygen atoms in total. The molecule has 170 valence electrons. The molecule has 1 aliphatic carbocycles. The van der Waals surface area contributed by atoms with E-state index in [0.717, 1.165) is 22.2 Å². The van der Waals surface area contributed by atoms with Crippen LogP contribution in [0, 0.1) is 5.82 Å². The quantitative estimate of drug-likeness (QED) is 0.287. The monoisotopic (exact) mass is 468 g/mol. The summed E-state index contributed by atoms with van der Waals surface area (Å²) in [5.74, 6) is 0.358. The summed E-state index contributed by atoms with van der Waals surface area (Å²) in [4.78, 5) is 17.8. The first kappa shape index (κ1) is 21.6. The molecule has 5 rings (SSSR count). The molecule has 1 aliphatic rings. The van der Waals surface area contributed by atoms with Gasteiger partial charge in [0, 0.05) is 18.0 Å². The normalized spacial score (nSPS) is 18.2. The van der Waals surface area contributed by atoms with Gasteiger partial charge in [0.2, 0.25) is 0 Å². The van der Waals surface area contributed by atoms with Crippen molar-refractivity contribution in [1.29, 1.82) is 0 Å². The summed E-state index contributed by atoms with van der Waals surface area (Å²) >= 11 is 5.97. The molecule has 0 radical (unpaired) electrons. The highest BCUT2D eigenvalue weighted by molar-refractivity contribution is 6.33. The molecule has 0 aliphatic heterocycles. The maximum absolute atomic E-state index is 14.6. The molecule has 0 spiro atoms. The van der Waals surface area contributed by atoms with E-state index in [9.17, 15) is 9.50 Å². The number of benzene rings is 1. The van der Waals surface area contributed by atoms with E-state index in [4.69, 9.17) is 22.2 Å². The van der Waals surface area contributed by atoms with Gasteiger partial charge in [-0.2, -0.15) is 0 Å². The van der Waals surface area contributed by atoms with Crippen LogP contribution in [0.25, 0.3) is 21.9 Å². The zero-order chi connectivity index (χ0) is 23.1. The minimum atomic E-state index is -0.580. The van der Waals surface area contributed by atoms with E-state index >= 15 is 0 Å². The molecule has 2 atom stereocenters. The molecule has 10 heteroatoms. The number of aryl methyl sites for hydroxylation is 1. The van der Waals surface area contributed by atoms with Gasteiger partial charge in [0.15, 0.2) is 5.82 Å². The van der Waals surface area contributed by atoms with Gasteiger partial charge in [0.1, 0.15) is 23.6 Å². The zero-order valence-electron chi connectivity index (χ0n) is 17.8. The fourth-order valence-corrected chi connectivity index (χ4v) is 4.53. The maximum Gasteiger partial charge on any atom is 0.162 e. The zero-order valence-corrected chi connectivity index (χ0v) is 18.6. The molecule has 0 amide bonds. The van der Waals surface area contributed by atoms with Crippen molar-refractivity contribution in [2.24, 2.45) is 0 Å². The Morgan fingerprint density at radius 3 is 2.94 bits per heavy atom. The second-order valence-corrected chi connectivity index (χ2v) is 8.46. The highest BCUT2D eigenvalue weighted by Crippen LogP contribution is 2.35. The minimum Gasteiger partial charge on any atom is -0.389 e. The lowest BCUT2D eigenvalue weighted by Crippen LogP contribution is -2.10. The molecule has 3 aromatic heterocycles. The Bertz CT molecular complexity index is 1390. The van der Waals surface area contributed by atoms with Crippen LogP contribution in [-0.4, -0.2) is 37.8 Å². The summed E-state index contributed by atoms with van der Waals surface area (Å²) in [5, 5.41) is 12.1. The Hall–Kier alpha value is -3.27. The predicted molar refractivity (Wildman–Crippen MR) is 125 cm³/mol. The Morgan fingerprint density at radius 2 is 2.12 bits per heavy atom. The number of aromatic nitrogens is 4. The van der Waals surface area contributed by atoms with E-state index in [1.165, 1.54) is 25.6 Å². The number of nitrogen functional groups attached to an aromatic ring is 1. The van der Waals surface area contributed by atoms with Gasteiger partial charge in [-0.3, -0.25) is 4.84 Å². The van der Waals surface area contributed by atoms with E-state index in [1.54, 1.807) is 0 Å². The van der Waals surface area contributed by atoms with Crippen LogP contribution in [0.2, 0.25) is 5.02 Å². The standard InChI is InChI=1S/C23H22ClFN6O2/c1-33-30-22-15-4-5-31(23(15)28-11-27-22)14-8-13(20(32)9-14)3-2-12-6-18(25)16-10-17(24)21(26)29-19(16)7-12/h4-8,10-11,14,20,32H,2-3,9H2,1H3,(H2,26,29)(H,27,28,30)/t14-,20+/m1/s1. The van der Waals surface area contributed by atoms with Crippen molar-refractivity contribution >= 4 is 45.2 Å². The van der Waals surface area contributed by atoms with Gasteiger partial charge in [-0.05, 0) is 48.2 Å². The number of nitrogens with two attached hydrogens (primary N) is 1. The fraction of sp³-hybridized carbons (Fsp3) is 0.261. The third-order valence-electron chi connectivity index (χ3n) is 5.99. The summed E-state index contributed by atoms with van der Waals surface area (Å²) in [5.41, 5.74) is 11.4. The topological polar surface area (TPSA) is 111 Å². The van der Waals surface area contributed by atoms with E-state index in [0.29, 0.717) is 36.0 Å². The molecular formula is C23H22ClFN6O2. The van der Waals surface area contributed by atoms with Crippen molar-refractivity contribution in [3.8, 4) is 0 Å². The number of hydrogen-bond acceptors (Lipinski definition) is 7. The summed E-state index contributed by atoms with van der Waals surface area (Å²) in [6, 6.07) is 6.65. The molecular weight excluding hydrogens is 447 g/mol. The maximum atomic E-state index is 14.6. The fourth-order valence-electron chi connectivity index (χ4n) is 4.38. The highest BCUT2D eigenvalue weighted by Gasteiger charge is 2.27. The number of aliphatic hydroxyl groups is 1. The van der Waals surface area contributed by atoms with Crippen LogP contribution < -0.4 is 11.2 Å². The van der Waals surface area contributed by atoms with E-state index in [1.807, 2.05) is 22.9 Å². The lowest BCUT2D eigenvalue weighted by molar-refractivity contribution is 0.197. The van der Waals surface area contributed by atoms with Gasteiger partial charge in [-0.25, -0.2) is 24.8 Å². The largest absolute Gasteiger partial charge is 0.389 e. The number of nitrogens with zero attached hydrogens (tertiary/aromatic N) is 4. The van der Waals surface area contributed by atoms with Gasteiger partial charge in [-0.1, -0.05) is 17.7 Å². The Morgan fingerprint density at radius 1 is 1.27 bits per heavy atom. The second-order valence-electron chi connectivity index (χ2n) is 8.05. The van der Waals surface area contributed by atoms with Crippen molar-refractivity contribution in [3.05, 3.63) is 64.8 Å². The summed E-state index contributed by atoms with van der Waals surface area (Å²) in [6.07, 6.45) is 6.57. The van der Waals surface area contributed by atoms with E-state index in [-0.39, 0.29) is 16.9 Å². The van der Waals surface area contributed by atoms with Crippen LogP contribution in [0.1, 0.15) is 24.4 Å². The van der Waals surface area contributed by atoms with Crippen molar-refractivity contribution in [3.63, 3.8) is 0 Å². The van der Waals surface area contributed by atoms with E-state index in [2.05, 4.69) is 26.5 Å².